The van der Waals surface area contributed by atoms with Gasteiger partial charge in [0.2, 0.25) is 0 Å². The van der Waals surface area contributed by atoms with E-state index in [4.69, 9.17) is 0 Å². The maximum atomic E-state index is 12.7. The minimum absolute atomic E-state index is 0.000606. The number of nitrogens with one attached hydrogen (secondary N) is 1. The van der Waals surface area contributed by atoms with Crippen LogP contribution >= 0.6 is 0 Å². The van der Waals surface area contributed by atoms with Crippen molar-refractivity contribution in [2.75, 3.05) is 5.32 Å². The Balaban J connectivity index is 1.89. The molecule has 2 aromatic rings. The highest BCUT2D eigenvalue weighted by Gasteiger charge is 2.46. The van der Waals surface area contributed by atoms with Gasteiger partial charge in [-0.25, -0.2) is 0 Å². The first-order chi connectivity index (χ1) is 12.1. The van der Waals surface area contributed by atoms with Gasteiger partial charge in [0.1, 0.15) is 0 Å². The number of aliphatic hydroxyl groups is 1. The summed E-state index contributed by atoms with van der Waals surface area (Å²) in [6.45, 7) is 8.33. The van der Waals surface area contributed by atoms with Crippen LogP contribution in [0.15, 0.2) is 42.5 Å². The number of benzene rings is 2. The molecule has 4 heteroatoms. The van der Waals surface area contributed by atoms with Crippen LogP contribution in [0.5, 0.6) is 0 Å². The second-order valence-corrected chi connectivity index (χ2v) is 7.98. The van der Waals surface area contributed by atoms with E-state index >= 15 is 0 Å². The van der Waals surface area contributed by atoms with Crippen LogP contribution in [0.25, 0.3) is 0 Å². The lowest BCUT2D eigenvalue weighted by atomic mass is 9.84. The van der Waals surface area contributed by atoms with Crippen LogP contribution in [0.1, 0.15) is 61.2 Å². The number of hydrogen-bond acceptors (Lipinski definition) is 3. The summed E-state index contributed by atoms with van der Waals surface area (Å²) in [5.74, 6) is -0.793. The molecule has 136 valence electrons. The summed E-state index contributed by atoms with van der Waals surface area (Å²) in [4.78, 5) is 25.1. The van der Waals surface area contributed by atoms with Gasteiger partial charge in [-0.05, 0) is 29.0 Å². The van der Waals surface area contributed by atoms with Crippen LogP contribution < -0.4 is 5.32 Å². The first kappa shape index (κ1) is 18.3. The van der Waals surface area contributed by atoms with Gasteiger partial charge in [0.05, 0.1) is 6.42 Å². The molecule has 4 nitrogen and oxygen atoms in total. The molecule has 0 spiro atoms. The molecule has 1 heterocycles. The van der Waals surface area contributed by atoms with Gasteiger partial charge in [-0.2, -0.15) is 0 Å². The molecule has 1 amide bonds. The average molecular weight is 351 g/mol. The Morgan fingerprint density at radius 3 is 2.35 bits per heavy atom. The zero-order valence-corrected chi connectivity index (χ0v) is 15.7. The van der Waals surface area contributed by atoms with E-state index in [1.165, 1.54) is 0 Å². The number of Topliss-reactive ketones (excluding diaryl/α,β-unsaturated/α-hetero) is 1. The molecule has 2 N–H and O–H groups in total. The summed E-state index contributed by atoms with van der Waals surface area (Å²) < 4.78 is 0. The topological polar surface area (TPSA) is 66.4 Å². The number of amides is 1. The minimum atomic E-state index is -1.82. The van der Waals surface area contributed by atoms with Gasteiger partial charge in [0, 0.05) is 16.8 Å². The quantitative estimate of drug-likeness (QED) is 0.820. The van der Waals surface area contributed by atoms with Gasteiger partial charge in [-0.15, -0.1) is 0 Å². The third kappa shape index (κ3) is 3.17. The second-order valence-electron chi connectivity index (χ2n) is 7.98. The van der Waals surface area contributed by atoms with Crippen LogP contribution in [0.4, 0.5) is 5.69 Å². The van der Waals surface area contributed by atoms with Crippen molar-refractivity contribution in [1.82, 2.24) is 0 Å². The summed E-state index contributed by atoms with van der Waals surface area (Å²) in [6, 6.07) is 12.9. The van der Waals surface area contributed by atoms with Crippen molar-refractivity contribution in [1.29, 1.82) is 0 Å². The number of rotatable bonds is 4. The molecule has 0 radical (unpaired) electrons. The second kappa shape index (κ2) is 6.36. The van der Waals surface area contributed by atoms with E-state index in [1.807, 2.05) is 31.2 Å². The number of aryl methyl sites for hydroxylation is 1. The maximum absolute atomic E-state index is 12.7. The fourth-order valence-electron chi connectivity index (χ4n) is 3.28. The smallest absolute Gasteiger partial charge is 0.261 e. The van der Waals surface area contributed by atoms with E-state index < -0.39 is 11.5 Å². The Bertz CT molecular complexity index is 862. The van der Waals surface area contributed by atoms with Crippen molar-refractivity contribution in [3.63, 3.8) is 0 Å². The maximum Gasteiger partial charge on any atom is 0.261 e. The van der Waals surface area contributed by atoms with Crippen LogP contribution in [-0.4, -0.2) is 16.8 Å². The SMILES string of the molecule is CCc1ccc2c(c1)[C@@](O)(CC(=O)c1ccc(C(C)(C)C)cc1)C(=O)N2. The van der Waals surface area contributed by atoms with Gasteiger partial charge < -0.3 is 10.4 Å². The van der Waals surface area contributed by atoms with Crippen molar-refractivity contribution >= 4 is 17.4 Å². The third-order valence-electron chi connectivity index (χ3n) is 5.05. The summed E-state index contributed by atoms with van der Waals surface area (Å²) in [5, 5.41) is 13.7. The van der Waals surface area contributed by atoms with Crippen molar-refractivity contribution in [3.8, 4) is 0 Å². The van der Waals surface area contributed by atoms with E-state index in [-0.39, 0.29) is 17.6 Å². The molecule has 3 rings (SSSR count). The van der Waals surface area contributed by atoms with Crippen LogP contribution in [-0.2, 0) is 22.2 Å². The normalized spacial score (nSPS) is 19.2. The highest BCUT2D eigenvalue weighted by molar-refractivity contribution is 6.09. The van der Waals surface area contributed by atoms with Gasteiger partial charge >= 0.3 is 0 Å². The molecule has 1 aliphatic heterocycles. The summed E-state index contributed by atoms with van der Waals surface area (Å²) >= 11 is 0. The van der Waals surface area contributed by atoms with Crippen molar-refractivity contribution in [3.05, 3.63) is 64.7 Å². The number of ketones is 1. The molecule has 0 aliphatic carbocycles. The van der Waals surface area contributed by atoms with E-state index in [9.17, 15) is 14.7 Å². The van der Waals surface area contributed by atoms with Crippen molar-refractivity contribution in [2.45, 2.75) is 51.6 Å². The van der Waals surface area contributed by atoms with Gasteiger partial charge in [-0.3, -0.25) is 9.59 Å². The molecule has 1 aliphatic rings. The van der Waals surface area contributed by atoms with E-state index in [2.05, 4.69) is 26.1 Å². The number of carbonyl (C=O) groups excluding carboxylic acids is 2. The Labute approximate surface area is 154 Å². The first-order valence-electron chi connectivity index (χ1n) is 8.96. The molecule has 1 atom stereocenters. The van der Waals surface area contributed by atoms with Gasteiger partial charge in [0.25, 0.3) is 5.91 Å². The van der Waals surface area contributed by atoms with Gasteiger partial charge in [-0.1, -0.05) is 64.1 Å². The molecular formula is C22H25NO3. The molecule has 26 heavy (non-hydrogen) atoms. The average Bonchev–Trinajstić information content (AvgIpc) is 2.84. The molecular weight excluding hydrogens is 326 g/mol. The van der Waals surface area contributed by atoms with Crippen molar-refractivity contribution < 1.29 is 14.7 Å². The van der Waals surface area contributed by atoms with Crippen LogP contribution in [0, 0.1) is 0 Å². The summed E-state index contributed by atoms with van der Waals surface area (Å²) in [6.07, 6.45) is 0.521. The lowest BCUT2D eigenvalue weighted by Crippen LogP contribution is -2.36. The number of anilines is 1. The Morgan fingerprint density at radius 1 is 1.12 bits per heavy atom. The predicted molar refractivity (Wildman–Crippen MR) is 102 cm³/mol. The van der Waals surface area contributed by atoms with Gasteiger partial charge in [0.15, 0.2) is 11.4 Å². The fourth-order valence-corrected chi connectivity index (χ4v) is 3.28. The largest absolute Gasteiger partial charge is 0.375 e. The minimum Gasteiger partial charge on any atom is -0.375 e. The standard InChI is InChI=1S/C22H25NO3/c1-5-14-6-11-18-17(12-14)22(26,20(25)23-18)13-19(24)15-7-9-16(10-8-15)21(2,3)4/h6-12,26H,5,13H2,1-4H3,(H,23,25)/t22-/m0/s1. The molecule has 0 saturated carbocycles. The van der Waals surface area contributed by atoms with E-state index in [0.29, 0.717) is 16.8 Å². The molecule has 0 aromatic heterocycles. The van der Waals surface area contributed by atoms with E-state index in [1.54, 1.807) is 18.2 Å². The number of hydrogen-bond donors (Lipinski definition) is 2. The van der Waals surface area contributed by atoms with Crippen LogP contribution in [0.3, 0.4) is 0 Å². The van der Waals surface area contributed by atoms with Crippen molar-refractivity contribution in [2.24, 2.45) is 0 Å². The lowest BCUT2D eigenvalue weighted by Gasteiger charge is -2.21. The monoisotopic (exact) mass is 351 g/mol. The number of carbonyl (C=O) groups is 2. The Morgan fingerprint density at radius 2 is 1.77 bits per heavy atom. The summed E-state index contributed by atoms with van der Waals surface area (Å²) in [7, 11) is 0. The predicted octanol–water partition coefficient (Wildman–Crippen LogP) is 3.96. The molecule has 2 aromatic carbocycles. The van der Waals surface area contributed by atoms with Crippen LogP contribution in [0.2, 0.25) is 0 Å². The first-order valence-corrected chi connectivity index (χ1v) is 8.96. The number of fused-ring (bicyclic) bond motifs is 1. The fraction of sp³-hybridized carbons (Fsp3) is 0.364. The zero-order chi connectivity index (χ0) is 19.1. The lowest BCUT2D eigenvalue weighted by molar-refractivity contribution is -0.133. The highest BCUT2D eigenvalue weighted by Crippen LogP contribution is 2.39. The molecule has 0 unspecified atom stereocenters. The molecule has 0 bridgehead atoms. The Hall–Kier alpha value is -2.46. The zero-order valence-electron chi connectivity index (χ0n) is 15.7. The summed E-state index contributed by atoms with van der Waals surface area (Å²) in [5.41, 5.74) is 1.89. The van der Waals surface area contributed by atoms with E-state index in [0.717, 1.165) is 17.5 Å². The Kier molecular flexibility index (Phi) is 4.49. The highest BCUT2D eigenvalue weighted by atomic mass is 16.3. The molecule has 0 fully saturated rings. The third-order valence-corrected chi connectivity index (χ3v) is 5.05. The molecule has 0 saturated heterocycles.